The Kier molecular flexibility index (Phi) is 12.9. The first-order valence-electron chi connectivity index (χ1n) is 9.90. The molecule has 0 aromatic heterocycles. The van der Waals surface area contributed by atoms with E-state index < -0.39 is 11.4 Å². The third kappa shape index (κ3) is 8.64. The number of phenols is 1. The number of carbonyl (C=O) groups is 2. The average Bonchev–Trinajstić information content (AvgIpc) is 2.74. The zero-order valence-electron chi connectivity index (χ0n) is 19.2. The number of aldehydes is 1. The van der Waals surface area contributed by atoms with Crippen LogP contribution in [0.5, 0.6) is 17.2 Å². The molecular formula is C23H30Br2ClNO5. The fraction of sp³-hybridized carbons (Fsp3) is 0.391. The summed E-state index contributed by atoms with van der Waals surface area (Å²) in [7, 11) is 1.85. The summed E-state index contributed by atoms with van der Waals surface area (Å²) in [4.78, 5) is 19.9. The van der Waals surface area contributed by atoms with Crippen LogP contribution in [0.4, 0.5) is 5.69 Å². The monoisotopic (exact) mass is 593 g/mol. The summed E-state index contributed by atoms with van der Waals surface area (Å²) in [6.07, 6.45) is 0.412. The summed E-state index contributed by atoms with van der Waals surface area (Å²) >= 11 is 13.1. The van der Waals surface area contributed by atoms with E-state index in [0.717, 1.165) is 20.2 Å². The lowest BCUT2D eigenvalue weighted by Gasteiger charge is -2.15. The highest BCUT2D eigenvalue weighted by Gasteiger charge is 2.25. The predicted molar refractivity (Wildman–Crippen MR) is 137 cm³/mol. The van der Waals surface area contributed by atoms with Crippen LogP contribution in [0.3, 0.4) is 0 Å². The molecule has 2 rings (SSSR count). The molecule has 0 unspecified atom stereocenters. The number of rotatable bonds is 6. The molecule has 6 nitrogen and oxygen atoms in total. The van der Waals surface area contributed by atoms with Crippen LogP contribution in [0.15, 0.2) is 33.2 Å². The number of aromatic hydroxyl groups is 1. The van der Waals surface area contributed by atoms with Gasteiger partial charge in [-0.25, -0.2) is 0 Å². The number of carboxylic acid groups (broad SMARTS) is 1. The number of phenolic OH excluding ortho intramolecular Hbond substituents is 1. The largest absolute Gasteiger partial charge is 0.506 e. The van der Waals surface area contributed by atoms with E-state index in [0.29, 0.717) is 17.8 Å². The second kappa shape index (κ2) is 13.7. The third-order valence-electron chi connectivity index (χ3n) is 4.04. The molecule has 0 atom stereocenters. The van der Waals surface area contributed by atoms with Crippen LogP contribution in [0, 0.1) is 5.41 Å². The zero-order chi connectivity index (χ0) is 25.2. The predicted octanol–water partition coefficient (Wildman–Crippen LogP) is 7.85. The van der Waals surface area contributed by atoms with Crippen LogP contribution in [-0.4, -0.2) is 29.5 Å². The van der Waals surface area contributed by atoms with Crippen molar-refractivity contribution in [1.29, 1.82) is 0 Å². The van der Waals surface area contributed by atoms with Crippen LogP contribution in [0.25, 0.3) is 0 Å². The highest BCUT2D eigenvalue weighted by Crippen LogP contribution is 2.42. The van der Waals surface area contributed by atoms with Crippen molar-refractivity contribution in [2.75, 3.05) is 12.4 Å². The third-order valence-corrected chi connectivity index (χ3v) is 5.51. The Hall–Kier alpha value is -1.77. The maximum Gasteiger partial charge on any atom is 0.316 e. The molecule has 0 radical (unpaired) electrons. The highest BCUT2D eigenvalue weighted by atomic mass is 79.9. The van der Waals surface area contributed by atoms with Crippen molar-refractivity contribution in [2.24, 2.45) is 5.41 Å². The van der Waals surface area contributed by atoms with Gasteiger partial charge in [-0.2, -0.15) is 0 Å². The number of nitrogens with one attached hydrogen (secondary N) is 1. The van der Waals surface area contributed by atoms with Gasteiger partial charge in [0.05, 0.1) is 14.0 Å². The first-order valence-corrected chi connectivity index (χ1v) is 11.9. The minimum absolute atomic E-state index is 0.104. The van der Waals surface area contributed by atoms with Crippen LogP contribution < -0.4 is 10.1 Å². The van der Waals surface area contributed by atoms with E-state index in [1.807, 2.05) is 46.9 Å². The van der Waals surface area contributed by atoms with E-state index in [2.05, 4.69) is 37.2 Å². The van der Waals surface area contributed by atoms with Crippen molar-refractivity contribution in [2.45, 2.75) is 47.5 Å². The quantitative estimate of drug-likeness (QED) is 0.233. The van der Waals surface area contributed by atoms with Crippen molar-refractivity contribution in [3.8, 4) is 17.2 Å². The van der Waals surface area contributed by atoms with Crippen molar-refractivity contribution < 1.29 is 24.5 Å². The number of ether oxygens (including phenoxy) is 1. The molecule has 9 heteroatoms. The summed E-state index contributed by atoms with van der Waals surface area (Å²) in [5.41, 5.74) is 0.485. The minimum Gasteiger partial charge on any atom is -0.506 e. The fourth-order valence-corrected chi connectivity index (χ4v) is 3.63. The first kappa shape index (κ1) is 30.2. The van der Waals surface area contributed by atoms with Crippen molar-refractivity contribution in [3.63, 3.8) is 0 Å². The SMILES string of the molecule is CC.CC(C)(C=O)C(=O)O.CNc1cc(Br)c(Oc2cc(Cl)c(O)c(C(C)C)c2)c(Br)c1. The molecule has 0 spiro atoms. The maximum absolute atomic E-state index is 10.0. The van der Waals surface area contributed by atoms with Gasteiger partial charge in [0.2, 0.25) is 0 Å². The lowest BCUT2D eigenvalue weighted by molar-refractivity contribution is -0.148. The summed E-state index contributed by atoms with van der Waals surface area (Å²) in [6.45, 7) is 10.7. The van der Waals surface area contributed by atoms with Crippen molar-refractivity contribution >= 4 is 61.4 Å². The van der Waals surface area contributed by atoms with E-state index in [1.165, 1.54) is 13.8 Å². The normalized spacial score (nSPS) is 10.3. The summed E-state index contributed by atoms with van der Waals surface area (Å²) in [5, 5.41) is 21.6. The summed E-state index contributed by atoms with van der Waals surface area (Å²) < 4.78 is 7.56. The first-order chi connectivity index (χ1) is 14.8. The molecule has 0 saturated heterocycles. The van der Waals surface area contributed by atoms with Crippen LogP contribution in [-0.2, 0) is 9.59 Å². The van der Waals surface area contributed by atoms with Crippen LogP contribution in [0.2, 0.25) is 5.02 Å². The average molecular weight is 596 g/mol. The van der Waals surface area contributed by atoms with Gasteiger partial charge in [0.25, 0.3) is 0 Å². The number of halogens is 3. The lowest BCUT2D eigenvalue weighted by Crippen LogP contribution is -2.24. The Balaban J connectivity index is 0.000000814. The van der Waals surface area contributed by atoms with Gasteiger partial charge in [-0.1, -0.05) is 39.3 Å². The molecule has 2 aromatic carbocycles. The molecule has 3 N–H and O–H groups in total. The molecule has 32 heavy (non-hydrogen) atoms. The van der Waals surface area contributed by atoms with Gasteiger partial charge < -0.3 is 25.1 Å². The number of hydrogen-bond donors (Lipinski definition) is 3. The van der Waals surface area contributed by atoms with E-state index in [1.54, 1.807) is 12.1 Å². The lowest BCUT2D eigenvalue weighted by atomic mass is 9.97. The maximum atomic E-state index is 10.0. The summed E-state index contributed by atoms with van der Waals surface area (Å²) in [6, 6.07) is 7.25. The Bertz CT molecular complexity index is 910. The van der Waals surface area contributed by atoms with Gasteiger partial charge in [0.1, 0.15) is 23.2 Å². The number of anilines is 1. The Labute approximate surface area is 211 Å². The molecular weight excluding hydrogens is 566 g/mol. The fourth-order valence-electron chi connectivity index (χ4n) is 2.06. The van der Waals surface area contributed by atoms with Gasteiger partial charge in [-0.15, -0.1) is 0 Å². The smallest absolute Gasteiger partial charge is 0.316 e. The highest BCUT2D eigenvalue weighted by molar-refractivity contribution is 9.11. The van der Waals surface area contributed by atoms with E-state index >= 15 is 0 Å². The molecule has 0 heterocycles. The van der Waals surface area contributed by atoms with Gasteiger partial charge in [-0.3, -0.25) is 4.79 Å². The summed E-state index contributed by atoms with van der Waals surface area (Å²) in [5.74, 6) is 0.375. The molecule has 0 aliphatic carbocycles. The second-order valence-electron chi connectivity index (χ2n) is 7.26. The number of carboxylic acids is 1. The van der Waals surface area contributed by atoms with E-state index in [9.17, 15) is 14.7 Å². The Morgan fingerprint density at radius 1 is 1.16 bits per heavy atom. The minimum atomic E-state index is -1.22. The topological polar surface area (TPSA) is 95.9 Å². The Morgan fingerprint density at radius 3 is 2.00 bits per heavy atom. The molecule has 2 aromatic rings. The number of hydrogen-bond acceptors (Lipinski definition) is 5. The second-order valence-corrected chi connectivity index (χ2v) is 9.38. The molecule has 178 valence electrons. The van der Waals surface area contributed by atoms with Gasteiger partial charge in [0, 0.05) is 24.4 Å². The number of benzene rings is 2. The molecule has 0 saturated carbocycles. The molecule has 0 fully saturated rings. The standard InChI is InChI=1S/C16H16Br2ClNO2.C5H8O3.C2H6/c1-8(2)11-6-10(7-14(19)15(11)21)22-16-12(17)4-9(20-3)5-13(16)18;1-5(2,3-6)4(7)8;1-2/h4-8,20-21H,1-3H3;3H,1-2H3,(H,7,8);1-2H3. The van der Waals surface area contributed by atoms with Gasteiger partial charge >= 0.3 is 5.97 Å². The van der Waals surface area contributed by atoms with Gasteiger partial charge in [-0.05, 0) is 69.8 Å². The van der Waals surface area contributed by atoms with E-state index in [-0.39, 0.29) is 16.7 Å². The molecule has 0 bridgehead atoms. The Morgan fingerprint density at radius 2 is 1.66 bits per heavy atom. The molecule has 0 aliphatic heterocycles. The number of aliphatic carboxylic acids is 1. The zero-order valence-corrected chi connectivity index (χ0v) is 23.1. The number of carbonyl (C=O) groups excluding carboxylic acids is 1. The van der Waals surface area contributed by atoms with Crippen molar-refractivity contribution in [1.82, 2.24) is 0 Å². The molecule has 0 amide bonds. The van der Waals surface area contributed by atoms with Crippen LogP contribution >= 0.6 is 43.5 Å². The molecule has 0 aliphatic rings. The van der Waals surface area contributed by atoms with E-state index in [4.69, 9.17) is 21.4 Å². The van der Waals surface area contributed by atoms with Gasteiger partial charge in [0.15, 0.2) is 5.75 Å². The van der Waals surface area contributed by atoms with Crippen molar-refractivity contribution in [3.05, 3.63) is 43.8 Å². The van der Waals surface area contributed by atoms with Crippen LogP contribution in [0.1, 0.15) is 53.0 Å².